The molecular formula is C10H18N4O. The standard InChI is InChI=1S/C10H18N4O/c1-5-7(15-4)9-12-8(6(2)3)13-10(11)14-9/h6-7H,5H2,1-4H3,(H2,11,12,13,14). The minimum atomic E-state index is -0.104. The molecule has 0 bridgehead atoms. The van der Waals surface area contributed by atoms with E-state index in [0.29, 0.717) is 11.6 Å². The Balaban J connectivity index is 3.07. The molecule has 1 rings (SSSR count). The van der Waals surface area contributed by atoms with E-state index in [1.165, 1.54) is 0 Å². The van der Waals surface area contributed by atoms with Crippen LogP contribution in [0.2, 0.25) is 0 Å². The van der Waals surface area contributed by atoms with E-state index in [0.717, 1.165) is 6.42 Å². The van der Waals surface area contributed by atoms with E-state index in [2.05, 4.69) is 15.0 Å². The normalized spacial score (nSPS) is 13.1. The van der Waals surface area contributed by atoms with Crippen molar-refractivity contribution in [3.05, 3.63) is 11.6 Å². The number of methoxy groups -OCH3 is 1. The molecule has 0 amide bonds. The van der Waals surface area contributed by atoms with Crippen molar-refractivity contribution in [3.63, 3.8) is 0 Å². The van der Waals surface area contributed by atoms with Gasteiger partial charge in [-0.15, -0.1) is 0 Å². The molecule has 0 aliphatic heterocycles. The maximum Gasteiger partial charge on any atom is 0.223 e. The largest absolute Gasteiger partial charge is 0.373 e. The highest BCUT2D eigenvalue weighted by molar-refractivity contribution is 5.18. The van der Waals surface area contributed by atoms with Crippen LogP contribution in [0.3, 0.4) is 0 Å². The lowest BCUT2D eigenvalue weighted by Crippen LogP contribution is -2.12. The highest BCUT2D eigenvalue weighted by Crippen LogP contribution is 2.18. The highest BCUT2D eigenvalue weighted by atomic mass is 16.5. The van der Waals surface area contributed by atoms with Crippen LogP contribution in [0.15, 0.2) is 0 Å². The Bertz CT molecular complexity index is 323. The minimum absolute atomic E-state index is 0.104. The van der Waals surface area contributed by atoms with E-state index in [-0.39, 0.29) is 18.0 Å². The van der Waals surface area contributed by atoms with Crippen molar-refractivity contribution < 1.29 is 4.74 Å². The van der Waals surface area contributed by atoms with Crippen LogP contribution in [0, 0.1) is 0 Å². The van der Waals surface area contributed by atoms with E-state index in [4.69, 9.17) is 10.5 Å². The maximum atomic E-state index is 5.63. The summed E-state index contributed by atoms with van der Waals surface area (Å²) in [6.07, 6.45) is 0.713. The van der Waals surface area contributed by atoms with Gasteiger partial charge in [0.1, 0.15) is 11.9 Å². The smallest absolute Gasteiger partial charge is 0.223 e. The number of hydrogen-bond acceptors (Lipinski definition) is 5. The van der Waals surface area contributed by atoms with Crippen LogP contribution < -0.4 is 5.73 Å². The third-order valence-corrected chi connectivity index (χ3v) is 2.15. The van der Waals surface area contributed by atoms with Gasteiger partial charge in [-0.05, 0) is 6.42 Å². The van der Waals surface area contributed by atoms with E-state index >= 15 is 0 Å². The van der Waals surface area contributed by atoms with Crippen molar-refractivity contribution in [2.45, 2.75) is 39.2 Å². The van der Waals surface area contributed by atoms with Crippen molar-refractivity contribution in [2.24, 2.45) is 0 Å². The summed E-state index contributed by atoms with van der Waals surface area (Å²) in [5.74, 6) is 1.84. The molecule has 0 saturated carbocycles. The summed E-state index contributed by atoms with van der Waals surface area (Å²) in [6, 6.07) is 0. The van der Waals surface area contributed by atoms with Gasteiger partial charge in [-0.25, -0.2) is 4.98 Å². The van der Waals surface area contributed by atoms with Crippen LogP contribution >= 0.6 is 0 Å². The monoisotopic (exact) mass is 210 g/mol. The molecule has 5 heteroatoms. The fourth-order valence-electron chi connectivity index (χ4n) is 1.28. The Morgan fingerprint density at radius 1 is 1.20 bits per heavy atom. The van der Waals surface area contributed by atoms with Gasteiger partial charge in [0.25, 0.3) is 0 Å². The minimum Gasteiger partial charge on any atom is -0.373 e. The number of rotatable bonds is 4. The van der Waals surface area contributed by atoms with Gasteiger partial charge in [0.2, 0.25) is 5.95 Å². The molecular weight excluding hydrogens is 192 g/mol. The van der Waals surface area contributed by atoms with Crippen LogP contribution in [0.5, 0.6) is 0 Å². The molecule has 2 N–H and O–H groups in total. The van der Waals surface area contributed by atoms with Gasteiger partial charge < -0.3 is 10.5 Å². The maximum absolute atomic E-state index is 5.63. The highest BCUT2D eigenvalue weighted by Gasteiger charge is 2.15. The zero-order chi connectivity index (χ0) is 11.4. The third kappa shape index (κ3) is 2.86. The predicted octanol–water partition coefficient (Wildman–Crippen LogP) is 1.67. The summed E-state index contributed by atoms with van der Waals surface area (Å²) < 4.78 is 5.27. The second kappa shape index (κ2) is 5.02. The summed E-state index contributed by atoms with van der Waals surface area (Å²) in [5.41, 5.74) is 5.63. The second-order valence-corrected chi connectivity index (χ2v) is 3.70. The first-order valence-corrected chi connectivity index (χ1v) is 5.12. The van der Waals surface area contributed by atoms with E-state index in [1.807, 2.05) is 20.8 Å². The first-order valence-electron chi connectivity index (χ1n) is 5.12. The van der Waals surface area contributed by atoms with Crippen LogP contribution in [0.25, 0.3) is 0 Å². The molecule has 1 aromatic heterocycles. The van der Waals surface area contributed by atoms with Gasteiger partial charge in [0.15, 0.2) is 5.82 Å². The number of nitrogens with two attached hydrogens (primary N) is 1. The average Bonchev–Trinajstić information content (AvgIpc) is 2.18. The molecule has 1 heterocycles. The molecule has 5 nitrogen and oxygen atoms in total. The molecule has 1 unspecified atom stereocenters. The third-order valence-electron chi connectivity index (χ3n) is 2.15. The SMILES string of the molecule is CCC(OC)c1nc(N)nc(C(C)C)n1. The van der Waals surface area contributed by atoms with Crippen LogP contribution in [-0.4, -0.2) is 22.1 Å². The van der Waals surface area contributed by atoms with Crippen LogP contribution in [-0.2, 0) is 4.74 Å². The molecule has 84 valence electrons. The number of anilines is 1. The van der Waals surface area contributed by atoms with Crippen molar-refractivity contribution in [1.29, 1.82) is 0 Å². The Morgan fingerprint density at radius 2 is 1.80 bits per heavy atom. The number of nitrogens with zero attached hydrogens (tertiary/aromatic N) is 3. The quantitative estimate of drug-likeness (QED) is 0.818. The summed E-state index contributed by atoms with van der Waals surface area (Å²) in [4.78, 5) is 12.5. The van der Waals surface area contributed by atoms with Gasteiger partial charge in [-0.2, -0.15) is 9.97 Å². The van der Waals surface area contributed by atoms with Gasteiger partial charge >= 0.3 is 0 Å². The summed E-state index contributed by atoms with van der Waals surface area (Å²) >= 11 is 0. The van der Waals surface area contributed by atoms with Crippen molar-refractivity contribution in [1.82, 2.24) is 15.0 Å². The molecule has 0 radical (unpaired) electrons. The zero-order valence-electron chi connectivity index (χ0n) is 9.69. The van der Waals surface area contributed by atoms with Crippen molar-refractivity contribution in [2.75, 3.05) is 12.8 Å². The van der Waals surface area contributed by atoms with Crippen LogP contribution in [0.1, 0.15) is 50.9 Å². The fraction of sp³-hybridized carbons (Fsp3) is 0.700. The van der Waals surface area contributed by atoms with E-state index in [9.17, 15) is 0 Å². The lowest BCUT2D eigenvalue weighted by Gasteiger charge is -2.13. The molecule has 0 fully saturated rings. The summed E-state index contributed by atoms with van der Waals surface area (Å²) in [5, 5.41) is 0. The first kappa shape index (κ1) is 11.8. The van der Waals surface area contributed by atoms with Gasteiger partial charge in [0.05, 0.1) is 0 Å². The predicted molar refractivity (Wildman–Crippen MR) is 58.4 cm³/mol. The molecule has 1 atom stereocenters. The fourth-order valence-corrected chi connectivity index (χ4v) is 1.28. The Morgan fingerprint density at radius 3 is 2.27 bits per heavy atom. The molecule has 0 spiro atoms. The lowest BCUT2D eigenvalue weighted by atomic mass is 10.2. The number of ether oxygens (including phenoxy) is 1. The lowest BCUT2D eigenvalue weighted by molar-refractivity contribution is 0.0922. The number of aromatic nitrogens is 3. The molecule has 1 aromatic rings. The van der Waals surface area contributed by atoms with E-state index < -0.39 is 0 Å². The van der Waals surface area contributed by atoms with Crippen molar-refractivity contribution in [3.8, 4) is 0 Å². The van der Waals surface area contributed by atoms with Gasteiger partial charge in [-0.1, -0.05) is 20.8 Å². The molecule has 15 heavy (non-hydrogen) atoms. The second-order valence-electron chi connectivity index (χ2n) is 3.70. The van der Waals surface area contributed by atoms with Crippen LogP contribution in [0.4, 0.5) is 5.95 Å². The Kier molecular flexibility index (Phi) is 3.96. The van der Waals surface area contributed by atoms with Gasteiger partial charge in [0, 0.05) is 13.0 Å². The molecule has 0 aromatic carbocycles. The number of hydrogen-bond donors (Lipinski definition) is 1. The zero-order valence-corrected chi connectivity index (χ0v) is 9.69. The summed E-state index contributed by atoms with van der Waals surface area (Å²) in [6.45, 7) is 6.06. The Hall–Kier alpha value is -1.23. The topological polar surface area (TPSA) is 73.9 Å². The molecule has 0 saturated heterocycles. The molecule has 0 aliphatic carbocycles. The number of nitrogen functional groups attached to an aromatic ring is 1. The first-order chi connectivity index (χ1) is 7.08. The van der Waals surface area contributed by atoms with E-state index in [1.54, 1.807) is 7.11 Å². The summed E-state index contributed by atoms with van der Waals surface area (Å²) in [7, 11) is 1.64. The average molecular weight is 210 g/mol. The molecule has 0 aliphatic rings. The van der Waals surface area contributed by atoms with Crippen molar-refractivity contribution >= 4 is 5.95 Å². The Labute approximate surface area is 90.1 Å². The van der Waals surface area contributed by atoms with Gasteiger partial charge in [-0.3, -0.25) is 0 Å².